The molecule has 0 atom stereocenters. The van der Waals surface area contributed by atoms with Crippen molar-refractivity contribution in [2.45, 2.75) is 6.42 Å². The highest BCUT2D eigenvalue weighted by Gasteiger charge is 2.18. The zero-order valence-electron chi connectivity index (χ0n) is 15.1. The molecule has 0 saturated heterocycles. The summed E-state index contributed by atoms with van der Waals surface area (Å²) in [5.74, 6) is -0.574. The highest BCUT2D eigenvalue weighted by Crippen LogP contribution is 2.36. The van der Waals surface area contributed by atoms with Crippen LogP contribution in [0.5, 0.6) is 0 Å². The van der Waals surface area contributed by atoms with Crippen LogP contribution in [0.4, 0.5) is 27.1 Å². The average molecular weight is 376 g/mol. The summed E-state index contributed by atoms with van der Waals surface area (Å²) >= 11 is 0. The van der Waals surface area contributed by atoms with Crippen molar-refractivity contribution >= 4 is 28.7 Å². The van der Waals surface area contributed by atoms with Crippen LogP contribution >= 0.6 is 0 Å². The van der Waals surface area contributed by atoms with Gasteiger partial charge in [-0.05, 0) is 24.3 Å². The Hall–Kier alpha value is -3.86. The number of nitrogens with one attached hydrogen (secondary N) is 3. The molecule has 8 heteroatoms. The van der Waals surface area contributed by atoms with Crippen LogP contribution in [0.15, 0.2) is 42.7 Å². The molecule has 3 aromatic rings. The van der Waals surface area contributed by atoms with Crippen molar-refractivity contribution in [2.75, 3.05) is 22.5 Å². The van der Waals surface area contributed by atoms with Gasteiger partial charge in [-0.1, -0.05) is 6.07 Å². The van der Waals surface area contributed by atoms with E-state index in [1.807, 2.05) is 0 Å². The number of nitrogens with zero attached hydrogens (tertiary/aromatic N) is 3. The van der Waals surface area contributed by atoms with Gasteiger partial charge in [-0.3, -0.25) is 9.48 Å². The third-order valence-corrected chi connectivity index (χ3v) is 4.51. The Morgan fingerprint density at radius 3 is 2.93 bits per heavy atom. The van der Waals surface area contributed by atoms with E-state index in [4.69, 9.17) is 0 Å². The molecular weight excluding hydrogens is 359 g/mol. The maximum atomic E-state index is 14.8. The molecule has 1 amide bonds. The maximum absolute atomic E-state index is 14.8. The van der Waals surface area contributed by atoms with Crippen LogP contribution in [0.25, 0.3) is 11.1 Å². The Balaban J connectivity index is 1.73. The van der Waals surface area contributed by atoms with E-state index in [-0.39, 0.29) is 11.6 Å². The molecule has 140 valence electrons. The first-order chi connectivity index (χ1) is 13.5. The molecule has 3 N–H and O–H groups in total. The fraction of sp³-hybridized carbons (Fsp3) is 0.150. The molecule has 4 rings (SSSR count). The van der Waals surface area contributed by atoms with E-state index in [0.717, 1.165) is 0 Å². The lowest BCUT2D eigenvalue weighted by Gasteiger charge is -2.16. The zero-order chi connectivity index (χ0) is 19.7. The van der Waals surface area contributed by atoms with Crippen LogP contribution in [0, 0.1) is 17.1 Å². The van der Waals surface area contributed by atoms with Crippen molar-refractivity contribution in [1.82, 2.24) is 9.78 Å². The van der Waals surface area contributed by atoms with Gasteiger partial charge in [0.25, 0.3) is 0 Å². The SMILES string of the molecule is Cn1cc(-c2cc(F)c(Nc3cccc4c3NCCC(=O)N4)cc2C#N)cn1. The third-order valence-electron chi connectivity index (χ3n) is 4.51. The van der Waals surface area contributed by atoms with Crippen molar-refractivity contribution in [2.24, 2.45) is 7.05 Å². The number of halogens is 1. The fourth-order valence-electron chi connectivity index (χ4n) is 3.17. The summed E-state index contributed by atoms with van der Waals surface area (Å²) in [6.45, 7) is 0.476. The van der Waals surface area contributed by atoms with Gasteiger partial charge in [0.15, 0.2) is 0 Å². The van der Waals surface area contributed by atoms with E-state index < -0.39 is 5.82 Å². The Morgan fingerprint density at radius 2 is 2.18 bits per heavy atom. The molecule has 1 aliphatic rings. The lowest BCUT2D eigenvalue weighted by molar-refractivity contribution is -0.115. The minimum absolute atomic E-state index is 0.0813. The minimum atomic E-state index is -0.492. The number of nitriles is 1. The summed E-state index contributed by atoms with van der Waals surface area (Å²) in [6.07, 6.45) is 3.67. The molecule has 0 saturated carbocycles. The van der Waals surface area contributed by atoms with Crippen LogP contribution in [-0.4, -0.2) is 22.2 Å². The molecule has 1 aliphatic heterocycles. The summed E-state index contributed by atoms with van der Waals surface area (Å²) in [5.41, 5.74) is 3.58. The van der Waals surface area contributed by atoms with Gasteiger partial charge in [0.1, 0.15) is 5.82 Å². The summed E-state index contributed by atoms with van der Waals surface area (Å²) in [5, 5.41) is 22.7. The molecule has 0 radical (unpaired) electrons. The molecule has 2 aromatic carbocycles. The average Bonchev–Trinajstić information content (AvgIpc) is 3.01. The van der Waals surface area contributed by atoms with E-state index in [9.17, 15) is 14.4 Å². The summed E-state index contributed by atoms with van der Waals surface area (Å²) in [4.78, 5) is 11.8. The Morgan fingerprint density at radius 1 is 1.32 bits per heavy atom. The highest BCUT2D eigenvalue weighted by atomic mass is 19.1. The van der Waals surface area contributed by atoms with E-state index in [0.29, 0.717) is 46.7 Å². The summed E-state index contributed by atoms with van der Waals surface area (Å²) in [7, 11) is 1.76. The smallest absolute Gasteiger partial charge is 0.226 e. The minimum Gasteiger partial charge on any atom is -0.381 e. The second-order valence-corrected chi connectivity index (χ2v) is 6.47. The van der Waals surface area contributed by atoms with Gasteiger partial charge < -0.3 is 16.0 Å². The predicted molar refractivity (Wildman–Crippen MR) is 105 cm³/mol. The second kappa shape index (κ2) is 7.04. The number of amides is 1. The number of anilines is 4. The van der Waals surface area contributed by atoms with Crippen LogP contribution in [0.3, 0.4) is 0 Å². The molecule has 0 fully saturated rings. The number of hydrogen-bond acceptors (Lipinski definition) is 5. The molecule has 0 spiro atoms. The van der Waals surface area contributed by atoms with E-state index in [1.165, 1.54) is 12.1 Å². The maximum Gasteiger partial charge on any atom is 0.226 e. The molecule has 1 aromatic heterocycles. The summed E-state index contributed by atoms with van der Waals surface area (Å²) < 4.78 is 16.4. The van der Waals surface area contributed by atoms with Crippen molar-refractivity contribution in [3.05, 3.63) is 54.1 Å². The van der Waals surface area contributed by atoms with Crippen LogP contribution in [0.2, 0.25) is 0 Å². The topological polar surface area (TPSA) is 94.8 Å². The molecule has 0 aliphatic carbocycles. The molecule has 7 nitrogen and oxygen atoms in total. The Bertz CT molecular complexity index is 1110. The van der Waals surface area contributed by atoms with Gasteiger partial charge in [-0.2, -0.15) is 10.4 Å². The first-order valence-electron chi connectivity index (χ1n) is 8.71. The first-order valence-corrected chi connectivity index (χ1v) is 8.71. The number of hydrogen-bond donors (Lipinski definition) is 3. The number of aryl methyl sites for hydroxylation is 1. The number of aromatic nitrogens is 2. The zero-order valence-corrected chi connectivity index (χ0v) is 15.1. The Labute approximate surface area is 160 Å². The number of fused-ring (bicyclic) bond motifs is 1. The number of para-hydroxylation sites is 1. The van der Waals surface area contributed by atoms with Gasteiger partial charge >= 0.3 is 0 Å². The Kier molecular flexibility index (Phi) is 4.41. The predicted octanol–water partition coefficient (Wildman–Crippen LogP) is 3.60. The fourth-order valence-corrected chi connectivity index (χ4v) is 3.17. The van der Waals surface area contributed by atoms with Crippen LogP contribution in [0.1, 0.15) is 12.0 Å². The molecule has 28 heavy (non-hydrogen) atoms. The number of carbonyl (C=O) groups is 1. The van der Waals surface area contributed by atoms with Crippen LogP contribution < -0.4 is 16.0 Å². The van der Waals surface area contributed by atoms with E-state index >= 15 is 0 Å². The van der Waals surface area contributed by atoms with E-state index in [1.54, 1.807) is 42.3 Å². The van der Waals surface area contributed by atoms with E-state index in [2.05, 4.69) is 27.1 Å². The summed E-state index contributed by atoms with van der Waals surface area (Å²) in [6, 6.07) is 10.2. The largest absolute Gasteiger partial charge is 0.381 e. The second-order valence-electron chi connectivity index (χ2n) is 6.47. The van der Waals surface area contributed by atoms with Gasteiger partial charge in [0.05, 0.1) is 40.6 Å². The van der Waals surface area contributed by atoms with Crippen molar-refractivity contribution in [3.8, 4) is 17.2 Å². The van der Waals surface area contributed by atoms with Crippen molar-refractivity contribution in [1.29, 1.82) is 5.26 Å². The highest BCUT2D eigenvalue weighted by molar-refractivity contribution is 5.99. The molecule has 2 heterocycles. The molecule has 0 bridgehead atoms. The molecular formula is C20H17FN6O. The lowest BCUT2D eigenvalue weighted by Crippen LogP contribution is -2.10. The van der Waals surface area contributed by atoms with Crippen molar-refractivity contribution in [3.63, 3.8) is 0 Å². The van der Waals surface area contributed by atoms with Gasteiger partial charge in [0, 0.05) is 37.3 Å². The molecule has 0 unspecified atom stereocenters. The monoisotopic (exact) mass is 376 g/mol. The number of carbonyl (C=O) groups excluding carboxylic acids is 1. The van der Waals surface area contributed by atoms with Gasteiger partial charge in [0.2, 0.25) is 5.91 Å². The first kappa shape index (κ1) is 17.5. The number of rotatable bonds is 3. The quantitative estimate of drug-likeness (QED) is 0.649. The normalized spacial score (nSPS) is 13.0. The number of benzene rings is 2. The van der Waals surface area contributed by atoms with Gasteiger partial charge in [-0.25, -0.2) is 4.39 Å². The van der Waals surface area contributed by atoms with Crippen LogP contribution in [-0.2, 0) is 11.8 Å². The lowest BCUT2D eigenvalue weighted by atomic mass is 10.0. The standard InChI is InChI=1S/C20H17FN6O/c1-27-11-13(10-24-27)14-8-15(21)18(7-12(14)9-22)25-16-3-2-4-17-20(16)23-6-5-19(28)26-17/h2-4,7-8,10-11,23,25H,5-6H2,1H3,(H,26,28). The van der Waals surface area contributed by atoms with Crippen molar-refractivity contribution < 1.29 is 9.18 Å². The third kappa shape index (κ3) is 3.25. The van der Waals surface area contributed by atoms with Gasteiger partial charge in [-0.15, -0.1) is 0 Å².